The van der Waals surface area contributed by atoms with Gasteiger partial charge in [-0.25, -0.2) is 5.84 Å². The molecule has 3 N–H and O–H groups in total. The van der Waals surface area contributed by atoms with E-state index in [1.807, 2.05) is 11.8 Å². The molecule has 1 fully saturated rings. The first kappa shape index (κ1) is 12.8. The summed E-state index contributed by atoms with van der Waals surface area (Å²) in [6.07, 6.45) is 5.86. The van der Waals surface area contributed by atoms with Crippen LogP contribution in [0.1, 0.15) is 46.0 Å². The SMILES string of the molecule is CC1CCCC(SC(C)CC(=O)NN)C1. The molecule has 0 radical (unpaired) electrons. The third kappa shape index (κ3) is 4.89. The Morgan fingerprint density at radius 2 is 2.33 bits per heavy atom. The minimum Gasteiger partial charge on any atom is -0.294 e. The number of carbonyl (C=O) groups is 1. The number of hydrogen-bond donors (Lipinski definition) is 2. The number of carbonyl (C=O) groups excluding carboxylic acids is 1. The van der Waals surface area contributed by atoms with Gasteiger partial charge in [-0.15, -0.1) is 0 Å². The van der Waals surface area contributed by atoms with E-state index in [1.54, 1.807) is 0 Å². The maximum Gasteiger partial charge on any atom is 0.234 e. The lowest BCUT2D eigenvalue weighted by atomic mass is 9.91. The Bertz CT molecular complexity index is 211. The molecule has 0 saturated heterocycles. The molecule has 3 atom stereocenters. The first-order chi connectivity index (χ1) is 7.11. The molecule has 0 spiro atoms. The summed E-state index contributed by atoms with van der Waals surface area (Å²) >= 11 is 1.95. The Hall–Kier alpha value is -0.220. The van der Waals surface area contributed by atoms with Crippen molar-refractivity contribution in [2.24, 2.45) is 11.8 Å². The molecule has 1 amide bonds. The van der Waals surface area contributed by atoms with Crippen LogP contribution in [0.2, 0.25) is 0 Å². The Kier molecular flexibility index (Phi) is 5.47. The lowest BCUT2D eigenvalue weighted by Gasteiger charge is -2.28. The second-order valence-corrected chi connectivity index (χ2v) is 6.36. The van der Waals surface area contributed by atoms with Crippen molar-refractivity contribution >= 4 is 17.7 Å². The highest BCUT2D eigenvalue weighted by atomic mass is 32.2. The van der Waals surface area contributed by atoms with E-state index in [-0.39, 0.29) is 5.91 Å². The fourth-order valence-electron chi connectivity index (χ4n) is 2.20. The zero-order valence-corrected chi connectivity index (χ0v) is 10.5. The van der Waals surface area contributed by atoms with Gasteiger partial charge in [-0.05, 0) is 18.8 Å². The standard InChI is InChI=1S/C11H22N2OS/c1-8-4-3-5-10(6-8)15-9(2)7-11(14)13-12/h8-10H,3-7,12H2,1-2H3,(H,13,14). The smallest absolute Gasteiger partial charge is 0.234 e. The number of thioether (sulfide) groups is 1. The second kappa shape index (κ2) is 6.38. The van der Waals surface area contributed by atoms with Crippen LogP contribution in [0, 0.1) is 5.92 Å². The van der Waals surface area contributed by atoms with Crippen molar-refractivity contribution in [2.45, 2.75) is 56.5 Å². The summed E-state index contributed by atoms with van der Waals surface area (Å²) in [4.78, 5) is 11.1. The summed E-state index contributed by atoms with van der Waals surface area (Å²) in [6, 6.07) is 0. The fraction of sp³-hybridized carbons (Fsp3) is 0.909. The molecule has 15 heavy (non-hydrogen) atoms. The Labute approximate surface area is 96.5 Å². The van der Waals surface area contributed by atoms with Gasteiger partial charge in [-0.2, -0.15) is 11.8 Å². The zero-order valence-electron chi connectivity index (χ0n) is 9.66. The number of rotatable bonds is 4. The van der Waals surface area contributed by atoms with Gasteiger partial charge in [0.25, 0.3) is 0 Å². The molecule has 3 unspecified atom stereocenters. The number of hydrogen-bond acceptors (Lipinski definition) is 3. The normalized spacial score (nSPS) is 28.5. The average molecular weight is 230 g/mol. The largest absolute Gasteiger partial charge is 0.294 e. The number of nitrogens with one attached hydrogen (secondary N) is 1. The number of hydrazine groups is 1. The lowest BCUT2D eigenvalue weighted by Crippen LogP contribution is -2.32. The molecule has 0 bridgehead atoms. The van der Waals surface area contributed by atoms with Gasteiger partial charge in [0.1, 0.15) is 0 Å². The van der Waals surface area contributed by atoms with Crippen molar-refractivity contribution in [3.63, 3.8) is 0 Å². The molecule has 0 aromatic heterocycles. The van der Waals surface area contributed by atoms with Crippen LogP contribution < -0.4 is 11.3 Å². The molecule has 0 aromatic rings. The van der Waals surface area contributed by atoms with Crippen molar-refractivity contribution in [1.82, 2.24) is 5.43 Å². The van der Waals surface area contributed by atoms with Crippen LogP contribution in [0.4, 0.5) is 0 Å². The fourth-order valence-corrected chi connectivity index (χ4v) is 3.85. The molecule has 1 aliphatic rings. The van der Waals surface area contributed by atoms with Crippen LogP contribution in [-0.2, 0) is 4.79 Å². The molecule has 0 aliphatic heterocycles. The van der Waals surface area contributed by atoms with Crippen LogP contribution in [0.15, 0.2) is 0 Å². The minimum absolute atomic E-state index is 0.0566. The quantitative estimate of drug-likeness (QED) is 0.441. The zero-order chi connectivity index (χ0) is 11.3. The Morgan fingerprint density at radius 3 is 2.93 bits per heavy atom. The Morgan fingerprint density at radius 1 is 1.60 bits per heavy atom. The molecular formula is C11H22N2OS. The van der Waals surface area contributed by atoms with E-state index in [4.69, 9.17) is 5.84 Å². The highest BCUT2D eigenvalue weighted by Crippen LogP contribution is 2.34. The molecule has 3 nitrogen and oxygen atoms in total. The molecule has 4 heteroatoms. The first-order valence-corrected chi connectivity index (χ1v) is 6.71. The van der Waals surface area contributed by atoms with E-state index in [2.05, 4.69) is 19.3 Å². The van der Waals surface area contributed by atoms with Gasteiger partial charge in [0.2, 0.25) is 5.91 Å². The van der Waals surface area contributed by atoms with Crippen LogP contribution in [0.25, 0.3) is 0 Å². The lowest BCUT2D eigenvalue weighted by molar-refractivity contribution is -0.121. The predicted molar refractivity (Wildman–Crippen MR) is 65.4 cm³/mol. The molecular weight excluding hydrogens is 208 g/mol. The summed E-state index contributed by atoms with van der Waals surface area (Å²) in [5.74, 6) is 5.86. The maximum absolute atomic E-state index is 11.1. The highest BCUT2D eigenvalue weighted by molar-refractivity contribution is 8.00. The number of nitrogens with two attached hydrogens (primary N) is 1. The third-order valence-corrected chi connectivity index (χ3v) is 4.39. The van der Waals surface area contributed by atoms with Crippen LogP contribution in [0.5, 0.6) is 0 Å². The van der Waals surface area contributed by atoms with Gasteiger partial charge in [0.15, 0.2) is 0 Å². The van der Waals surface area contributed by atoms with Crippen molar-refractivity contribution in [3.05, 3.63) is 0 Å². The molecule has 1 rings (SSSR count). The monoisotopic (exact) mass is 230 g/mol. The summed E-state index contributed by atoms with van der Waals surface area (Å²) in [6.45, 7) is 4.43. The highest BCUT2D eigenvalue weighted by Gasteiger charge is 2.21. The average Bonchev–Trinajstić information content (AvgIpc) is 2.17. The van der Waals surface area contributed by atoms with Crippen molar-refractivity contribution in [1.29, 1.82) is 0 Å². The number of amides is 1. The molecule has 0 heterocycles. The van der Waals surface area contributed by atoms with Crippen molar-refractivity contribution in [3.8, 4) is 0 Å². The summed E-state index contributed by atoms with van der Waals surface area (Å²) in [5.41, 5.74) is 2.19. The van der Waals surface area contributed by atoms with E-state index < -0.39 is 0 Å². The second-order valence-electron chi connectivity index (χ2n) is 4.61. The van der Waals surface area contributed by atoms with Crippen molar-refractivity contribution < 1.29 is 4.79 Å². The van der Waals surface area contributed by atoms with Gasteiger partial charge >= 0.3 is 0 Å². The molecule has 1 saturated carbocycles. The van der Waals surface area contributed by atoms with Crippen molar-refractivity contribution in [2.75, 3.05) is 0 Å². The Balaban J connectivity index is 2.24. The van der Waals surface area contributed by atoms with E-state index >= 15 is 0 Å². The molecule has 0 aromatic carbocycles. The van der Waals surface area contributed by atoms with E-state index in [0.717, 1.165) is 11.2 Å². The van der Waals surface area contributed by atoms with E-state index in [9.17, 15) is 4.79 Å². The van der Waals surface area contributed by atoms with Crippen LogP contribution in [-0.4, -0.2) is 16.4 Å². The topological polar surface area (TPSA) is 55.1 Å². The van der Waals surface area contributed by atoms with Gasteiger partial charge in [-0.1, -0.05) is 26.7 Å². The predicted octanol–water partition coefficient (Wildman–Crippen LogP) is 2.07. The van der Waals surface area contributed by atoms with Gasteiger partial charge < -0.3 is 0 Å². The third-order valence-electron chi connectivity index (χ3n) is 2.95. The summed E-state index contributed by atoms with van der Waals surface area (Å²) in [5, 5.41) is 1.12. The van der Waals surface area contributed by atoms with Gasteiger partial charge in [0.05, 0.1) is 0 Å². The molecule has 88 valence electrons. The maximum atomic E-state index is 11.1. The van der Waals surface area contributed by atoms with Gasteiger partial charge in [0, 0.05) is 16.9 Å². The molecule has 1 aliphatic carbocycles. The van der Waals surface area contributed by atoms with E-state index in [1.165, 1.54) is 25.7 Å². The van der Waals surface area contributed by atoms with E-state index in [0.29, 0.717) is 11.7 Å². The van der Waals surface area contributed by atoms with Crippen LogP contribution in [0.3, 0.4) is 0 Å². The van der Waals surface area contributed by atoms with Gasteiger partial charge in [-0.3, -0.25) is 10.2 Å². The summed E-state index contributed by atoms with van der Waals surface area (Å²) in [7, 11) is 0. The summed E-state index contributed by atoms with van der Waals surface area (Å²) < 4.78 is 0. The minimum atomic E-state index is -0.0566. The van der Waals surface area contributed by atoms with Crippen LogP contribution >= 0.6 is 11.8 Å². The first-order valence-electron chi connectivity index (χ1n) is 5.76.